The third kappa shape index (κ3) is 3.00. The topological polar surface area (TPSA) is 107 Å². The van der Waals surface area contributed by atoms with Crippen LogP contribution in [0.1, 0.15) is 12.0 Å². The molecule has 8 nitrogen and oxygen atoms in total. The molecule has 0 aliphatic carbocycles. The lowest BCUT2D eigenvalue weighted by molar-refractivity contribution is -0.125. The van der Waals surface area contributed by atoms with Gasteiger partial charge >= 0.3 is 5.69 Å². The minimum atomic E-state index is -0.469. The molecule has 0 bridgehead atoms. The van der Waals surface area contributed by atoms with E-state index in [9.17, 15) is 19.2 Å². The highest BCUT2D eigenvalue weighted by Gasteiger charge is 2.28. The molecular weight excluding hydrogens is 288 g/mol. The van der Waals surface area contributed by atoms with Gasteiger partial charge < -0.3 is 15.2 Å². The summed E-state index contributed by atoms with van der Waals surface area (Å²) in [7, 11) is 2.90. The van der Waals surface area contributed by atoms with Crippen molar-refractivity contribution in [2.24, 2.45) is 25.7 Å². The molecule has 2 rings (SSSR count). The molecule has 2 amide bonds. The maximum Gasteiger partial charge on any atom is 0.330 e. The van der Waals surface area contributed by atoms with Crippen LogP contribution in [0.2, 0.25) is 0 Å². The van der Waals surface area contributed by atoms with Crippen LogP contribution >= 0.6 is 0 Å². The second kappa shape index (κ2) is 6.00. The van der Waals surface area contributed by atoms with Gasteiger partial charge in [0.15, 0.2) is 0 Å². The highest BCUT2D eigenvalue weighted by atomic mass is 16.2. The number of likely N-dealkylation sites (tertiary alicyclic amines) is 1. The number of carbonyl (C=O) groups is 2. The third-order valence-corrected chi connectivity index (χ3v) is 3.78. The van der Waals surface area contributed by atoms with Crippen LogP contribution in [-0.2, 0) is 23.7 Å². The molecule has 118 valence electrons. The maximum atomic E-state index is 12.0. The Labute approximate surface area is 126 Å². The molecule has 0 unspecified atom stereocenters. The molecular formula is C14H18N4O4. The monoisotopic (exact) mass is 306 g/mol. The van der Waals surface area contributed by atoms with E-state index in [1.165, 1.54) is 41.9 Å². The Bertz CT molecular complexity index is 759. The zero-order valence-corrected chi connectivity index (χ0v) is 12.5. The summed E-state index contributed by atoms with van der Waals surface area (Å²) in [5, 5.41) is 0. The van der Waals surface area contributed by atoms with Crippen molar-refractivity contribution in [3.05, 3.63) is 38.7 Å². The van der Waals surface area contributed by atoms with E-state index in [0.29, 0.717) is 19.5 Å². The van der Waals surface area contributed by atoms with Crippen molar-refractivity contribution in [2.75, 3.05) is 13.1 Å². The molecule has 22 heavy (non-hydrogen) atoms. The van der Waals surface area contributed by atoms with E-state index in [0.717, 1.165) is 4.57 Å². The molecule has 2 heterocycles. The second-order valence-electron chi connectivity index (χ2n) is 5.35. The molecule has 8 heteroatoms. The standard InChI is InChI=1S/C14H18N4O4/c1-16-7-10(13(21)17(2)14(16)22)3-4-11(19)18-6-5-9(8-18)12(15)20/h3-4,7,9H,5-6,8H2,1-2H3,(H2,15,20)/b4-3-/t9-/m1/s1. The average molecular weight is 306 g/mol. The summed E-state index contributed by atoms with van der Waals surface area (Å²) >= 11 is 0. The second-order valence-corrected chi connectivity index (χ2v) is 5.35. The third-order valence-electron chi connectivity index (χ3n) is 3.78. The highest BCUT2D eigenvalue weighted by Crippen LogP contribution is 2.16. The Morgan fingerprint density at radius 3 is 2.59 bits per heavy atom. The predicted octanol–water partition coefficient (Wildman–Crippen LogP) is -1.57. The smallest absolute Gasteiger partial charge is 0.330 e. The van der Waals surface area contributed by atoms with Crippen LogP contribution in [0.15, 0.2) is 21.9 Å². The number of hydrogen-bond donors (Lipinski definition) is 1. The lowest BCUT2D eigenvalue weighted by atomic mass is 10.1. The number of amides is 2. The van der Waals surface area contributed by atoms with Gasteiger partial charge in [0.25, 0.3) is 5.56 Å². The van der Waals surface area contributed by atoms with E-state index in [2.05, 4.69) is 0 Å². The predicted molar refractivity (Wildman–Crippen MR) is 79.8 cm³/mol. The van der Waals surface area contributed by atoms with Gasteiger partial charge in [0.05, 0.1) is 11.5 Å². The van der Waals surface area contributed by atoms with Crippen LogP contribution in [0.3, 0.4) is 0 Å². The van der Waals surface area contributed by atoms with Crippen molar-refractivity contribution in [3.63, 3.8) is 0 Å². The van der Waals surface area contributed by atoms with Crippen molar-refractivity contribution in [3.8, 4) is 0 Å². The summed E-state index contributed by atoms with van der Waals surface area (Å²) in [4.78, 5) is 48.1. The van der Waals surface area contributed by atoms with Crippen molar-refractivity contribution in [1.29, 1.82) is 0 Å². The summed E-state index contributed by atoms with van der Waals surface area (Å²) < 4.78 is 2.24. The minimum absolute atomic E-state index is 0.239. The van der Waals surface area contributed by atoms with Crippen molar-refractivity contribution in [1.82, 2.24) is 14.0 Å². The average Bonchev–Trinajstić information content (AvgIpc) is 2.97. The Hall–Kier alpha value is -2.64. The summed E-state index contributed by atoms with van der Waals surface area (Å²) in [6.45, 7) is 0.756. The van der Waals surface area contributed by atoms with Gasteiger partial charge in [0, 0.05) is 39.5 Å². The van der Waals surface area contributed by atoms with Gasteiger partial charge in [0.2, 0.25) is 11.8 Å². The van der Waals surface area contributed by atoms with E-state index in [-0.39, 0.29) is 17.4 Å². The molecule has 1 atom stereocenters. The number of hydrogen-bond acceptors (Lipinski definition) is 4. The normalized spacial score (nSPS) is 18.1. The first kappa shape index (κ1) is 15.7. The summed E-state index contributed by atoms with van der Waals surface area (Å²) in [6, 6.07) is 0. The van der Waals surface area contributed by atoms with E-state index in [1.807, 2.05) is 0 Å². The van der Waals surface area contributed by atoms with Crippen molar-refractivity contribution >= 4 is 17.9 Å². The van der Waals surface area contributed by atoms with Gasteiger partial charge in [-0.1, -0.05) is 0 Å². The van der Waals surface area contributed by atoms with E-state index >= 15 is 0 Å². The Kier molecular flexibility index (Phi) is 4.30. The van der Waals surface area contributed by atoms with Gasteiger partial charge in [-0.05, 0) is 12.5 Å². The first-order valence-electron chi connectivity index (χ1n) is 6.84. The van der Waals surface area contributed by atoms with Gasteiger partial charge in [-0.2, -0.15) is 0 Å². The minimum Gasteiger partial charge on any atom is -0.369 e. The number of aromatic nitrogens is 2. The molecule has 1 aromatic heterocycles. The van der Waals surface area contributed by atoms with Crippen LogP contribution in [-0.4, -0.2) is 38.9 Å². The molecule has 1 aromatic rings. The molecule has 1 fully saturated rings. The van der Waals surface area contributed by atoms with Gasteiger partial charge in [-0.15, -0.1) is 0 Å². The zero-order valence-electron chi connectivity index (χ0n) is 12.5. The Balaban J connectivity index is 2.16. The van der Waals surface area contributed by atoms with Gasteiger partial charge in [0.1, 0.15) is 0 Å². The van der Waals surface area contributed by atoms with Crippen LogP contribution in [0.4, 0.5) is 0 Å². The molecule has 2 N–H and O–H groups in total. The molecule has 0 saturated carbocycles. The van der Waals surface area contributed by atoms with E-state index < -0.39 is 17.2 Å². The largest absolute Gasteiger partial charge is 0.369 e. The maximum absolute atomic E-state index is 12.0. The number of nitrogens with zero attached hydrogens (tertiary/aromatic N) is 3. The SMILES string of the molecule is Cn1cc(/C=C\C(=O)N2CC[C@@H](C(N)=O)C2)c(=O)n(C)c1=O. The fourth-order valence-corrected chi connectivity index (χ4v) is 2.41. The number of primary amides is 1. The van der Waals surface area contributed by atoms with E-state index in [4.69, 9.17) is 5.73 Å². The lowest BCUT2D eigenvalue weighted by Crippen LogP contribution is -2.37. The number of carbonyl (C=O) groups excluding carboxylic acids is 2. The quantitative estimate of drug-likeness (QED) is 0.681. The first-order valence-corrected chi connectivity index (χ1v) is 6.84. The molecule has 0 radical (unpaired) electrons. The number of rotatable bonds is 3. The summed E-state index contributed by atoms with van der Waals surface area (Å²) in [6.07, 6.45) is 4.58. The Morgan fingerprint density at radius 1 is 1.32 bits per heavy atom. The molecule has 0 aromatic carbocycles. The summed E-state index contributed by atoms with van der Waals surface area (Å²) in [5.74, 6) is -1.02. The highest BCUT2D eigenvalue weighted by molar-refractivity contribution is 5.92. The fourth-order valence-electron chi connectivity index (χ4n) is 2.41. The number of aryl methyl sites for hydroxylation is 1. The Morgan fingerprint density at radius 2 is 2.00 bits per heavy atom. The van der Waals surface area contributed by atoms with Crippen LogP contribution in [0, 0.1) is 5.92 Å². The van der Waals surface area contributed by atoms with Gasteiger partial charge in [-0.25, -0.2) is 4.79 Å². The lowest BCUT2D eigenvalue weighted by Gasteiger charge is -2.13. The van der Waals surface area contributed by atoms with Crippen LogP contribution < -0.4 is 17.0 Å². The van der Waals surface area contributed by atoms with Crippen LogP contribution in [0.5, 0.6) is 0 Å². The number of nitrogens with two attached hydrogens (primary N) is 1. The van der Waals surface area contributed by atoms with E-state index in [1.54, 1.807) is 0 Å². The molecule has 1 saturated heterocycles. The first-order chi connectivity index (χ1) is 10.3. The van der Waals surface area contributed by atoms with Crippen LogP contribution in [0.25, 0.3) is 6.08 Å². The molecule has 1 aliphatic rings. The van der Waals surface area contributed by atoms with Crippen molar-refractivity contribution < 1.29 is 9.59 Å². The summed E-state index contributed by atoms with van der Waals surface area (Å²) in [5.41, 5.74) is 4.56. The van der Waals surface area contributed by atoms with Gasteiger partial charge in [-0.3, -0.25) is 19.0 Å². The zero-order chi connectivity index (χ0) is 16.4. The molecule has 1 aliphatic heterocycles. The molecule has 0 spiro atoms. The van der Waals surface area contributed by atoms with Crippen molar-refractivity contribution in [2.45, 2.75) is 6.42 Å². The fraction of sp³-hybridized carbons (Fsp3) is 0.429.